The van der Waals surface area contributed by atoms with Gasteiger partial charge in [0.05, 0.1) is 12.1 Å². The zero-order valence-corrected chi connectivity index (χ0v) is 10.8. The molecular weight excluding hydrogens is 228 g/mol. The average molecular weight is 249 g/mol. The Kier molecular flexibility index (Phi) is 3.87. The number of fused-ring (bicyclic) bond motifs is 1. The fraction of sp³-hybridized carbons (Fsp3) is 0.909. The van der Waals surface area contributed by atoms with Gasteiger partial charge in [-0.3, -0.25) is 4.79 Å². The van der Waals surface area contributed by atoms with Crippen molar-refractivity contribution in [2.75, 3.05) is 6.61 Å². The first-order chi connectivity index (χ1) is 6.94. The van der Waals surface area contributed by atoms with Crippen LogP contribution < -0.4 is 11.1 Å². The van der Waals surface area contributed by atoms with Gasteiger partial charge < -0.3 is 15.8 Å². The van der Waals surface area contributed by atoms with Gasteiger partial charge in [-0.1, -0.05) is 13.8 Å². The highest BCUT2D eigenvalue weighted by Gasteiger charge is 2.59. The lowest BCUT2D eigenvalue weighted by molar-refractivity contribution is -0.138. The standard InChI is InChI=1S/C11H20N2O2.ClH/c1-6(12)10(14)13-8-7-4-5-15-9(7)11(8,2)3;/h6-9H,4-5,12H2,1-3H3,(H,13,14);1H/t6-,7?,8?,9?;/m1./s1. The average Bonchev–Trinajstić information content (AvgIpc) is 2.59. The molecule has 1 amide bonds. The van der Waals surface area contributed by atoms with E-state index in [0.717, 1.165) is 13.0 Å². The Bertz CT molecular complexity index is 281. The molecule has 0 aromatic heterocycles. The quantitative estimate of drug-likeness (QED) is 0.756. The number of ether oxygens (including phenoxy) is 1. The van der Waals surface area contributed by atoms with Crippen molar-refractivity contribution in [3.63, 3.8) is 0 Å². The molecule has 1 saturated carbocycles. The fourth-order valence-corrected chi connectivity index (χ4v) is 2.90. The lowest BCUT2D eigenvalue weighted by Gasteiger charge is -2.54. The second-order valence-electron chi connectivity index (χ2n) is 5.34. The highest BCUT2D eigenvalue weighted by molar-refractivity contribution is 5.85. The van der Waals surface area contributed by atoms with Crippen LogP contribution in [0, 0.1) is 11.3 Å². The van der Waals surface area contributed by atoms with E-state index in [0.29, 0.717) is 12.0 Å². The Balaban J connectivity index is 0.00000128. The Morgan fingerprint density at radius 2 is 2.19 bits per heavy atom. The predicted octanol–water partition coefficient (Wildman–Crippen LogP) is 0.685. The van der Waals surface area contributed by atoms with E-state index >= 15 is 0 Å². The third-order valence-electron chi connectivity index (χ3n) is 3.81. The van der Waals surface area contributed by atoms with Gasteiger partial charge >= 0.3 is 0 Å². The number of amides is 1. The summed E-state index contributed by atoms with van der Waals surface area (Å²) in [5.41, 5.74) is 5.59. The Morgan fingerprint density at radius 3 is 2.75 bits per heavy atom. The van der Waals surface area contributed by atoms with E-state index in [1.165, 1.54) is 0 Å². The zero-order chi connectivity index (χ0) is 11.2. The SMILES string of the molecule is C[C@@H](N)C(=O)NC1C2CCOC2C1(C)C.Cl. The van der Waals surface area contributed by atoms with Gasteiger partial charge in [-0.15, -0.1) is 12.4 Å². The summed E-state index contributed by atoms with van der Waals surface area (Å²) >= 11 is 0. The molecule has 2 rings (SSSR count). The Hall–Kier alpha value is -0.320. The number of nitrogens with two attached hydrogens (primary N) is 1. The molecule has 3 N–H and O–H groups in total. The van der Waals surface area contributed by atoms with E-state index in [4.69, 9.17) is 10.5 Å². The second kappa shape index (κ2) is 4.51. The highest BCUT2D eigenvalue weighted by Crippen LogP contribution is 2.52. The smallest absolute Gasteiger partial charge is 0.236 e. The van der Waals surface area contributed by atoms with Gasteiger partial charge in [0.15, 0.2) is 0 Å². The van der Waals surface area contributed by atoms with Crippen LogP contribution in [0.2, 0.25) is 0 Å². The molecule has 16 heavy (non-hydrogen) atoms. The Morgan fingerprint density at radius 1 is 1.56 bits per heavy atom. The van der Waals surface area contributed by atoms with Crippen LogP contribution in [0.3, 0.4) is 0 Å². The minimum Gasteiger partial charge on any atom is -0.377 e. The van der Waals surface area contributed by atoms with Crippen molar-refractivity contribution in [1.82, 2.24) is 5.32 Å². The molecule has 0 spiro atoms. The van der Waals surface area contributed by atoms with Crippen molar-refractivity contribution < 1.29 is 9.53 Å². The van der Waals surface area contributed by atoms with Crippen molar-refractivity contribution in [2.45, 2.75) is 45.4 Å². The van der Waals surface area contributed by atoms with Crippen LogP contribution in [0.4, 0.5) is 0 Å². The van der Waals surface area contributed by atoms with Crippen molar-refractivity contribution >= 4 is 18.3 Å². The van der Waals surface area contributed by atoms with E-state index in [1.54, 1.807) is 6.92 Å². The number of hydrogen-bond acceptors (Lipinski definition) is 3. The van der Waals surface area contributed by atoms with E-state index < -0.39 is 6.04 Å². The maximum atomic E-state index is 11.5. The highest BCUT2D eigenvalue weighted by atomic mass is 35.5. The molecule has 0 bridgehead atoms. The molecule has 2 fully saturated rings. The molecule has 3 unspecified atom stereocenters. The summed E-state index contributed by atoms with van der Waals surface area (Å²) in [5.74, 6) is 0.432. The minimum atomic E-state index is -0.429. The summed E-state index contributed by atoms with van der Waals surface area (Å²) in [4.78, 5) is 11.5. The van der Waals surface area contributed by atoms with Crippen LogP contribution in [0.5, 0.6) is 0 Å². The lowest BCUT2D eigenvalue weighted by Crippen LogP contribution is -2.67. The van der Waals surface area contributed by atoms with E-state index in [2.05, 4.69) is 19.2 Å². The van der Waals surface area contributed by atoms with E-state index in [9.17, 15) is 4.79 Å². The minimum absolute atomic E-state index is 0. The van der Waals surface area contributed by atoms with Crippen LogP contribution >= 0.6 is 12.4 Å². The van der Waals surface area contributed by atoms with Crippen molar-refractivity contribution in [3.05, 3.63) is 0 Å². The van der Waals surface area contributed by atoms with E-state index in [-0.39, 0.29) is 29.8 Å². The first-order valence-electron chi connectivity index (χ1n) is 5.62. The van der Waals surface area contributed by atoms with Gasteiger partial charge in [-0.2, -0.15) is 0 Å². The molecule has 4 nitrogen and oxygen atoms in total. The third-order valence-corrected chi connectivity index (χ3v) is 3.81. The third kappa shape index (κ3) is 1.94. The molecular formula is C11H21ClN2O2. The van der Waals surface area contributed by atoms with Crippen molar-refractivity contribution in [2.24, 2.45) is 17.1 Å². The number of hydrogen-bond donors (Lipinski definition) is 2. The van der Waals surface area contributed by atoms with Gasteiger partial charge in [0.2, 0.25) is 5.91 Å². The fourth-order valence-electron chi connectivity index (χ4n) is 2.90. The molecule has 1 heterocycles. The predicted molar refractivity (Wildman–Crippen MR) is 64.5 cm³/mol. The normalized spacial score (nSPS) is 36.6. The largest absolute Gasteiger partial charge is 0.377 e. The van der Waals surface area contributed by atoms with Crippen LogP contribution in [0.15, 0.2) is 0 Å². The summed E-state index contributed by atoms with van der Waals surface area (Å²) in [6.07, 6.45) is 1.37. The molecule has 4 atom stereocenters. The summed E-state index contributed by atoms with van der Waals surface area (Å²) in [6, 6.07) is -0.203. The van der Waals surface area contributed by atoms with Crippen molar-refractivity contribution in [3.8, 4) is 0 Å². The van der Waals surface area contributed by atoms with Gasteiger partial charge in [0, 0.05) is 24.0 Å². The molecule has 1 saturated heterocycles. The summed E-state index contributed by atoms with van der Waals surface area (Å²) in [6.45, 7) is 6.82. The molecule has 1 aliphatic carbocycles. The number of carbonyl (C=O) groups is 1. The Labute approximate surface area is 103 Å². The first-order valence-corrected chi connectivity index (χ1v) is 5.62. The maximum Gasteiger partial charge on any atom is 0.236 e. The van der Waals surface area contributed by atoms with Crippen LogP contribution in [0.1, 0.15) is 27.2 Å². The second-order valence-corrected chi connectivity index (χ2v) is 5.34. The number of carbonyl (C=O) groups excluding carboxylic acids is 1. The number of nitrogens with one attached hydrogen (secondary N) is 1. The molecule has 94 valence electrons. The van der Waals surface area contributed by atoms with Gasteiger partial charge in [0.1, 0.15) is 0 Å². The van der Waals surface area contributed by atoms with Gasteiger partial charge in [-0.05, 0) is 13.3 Å². The lowest BCUT2D eigenvalue weighted by atomic mass is 9.57. The molecule has 2 aliphatic rings. The number of rotatable bonds is 2. The van der Waals surface area contributed by atoms with Crippen LogP contribution in [-0.2, 0) is 9.53 Å². The molecule has 0 radical (unpaired) electrons. The van der Waals surface area contributed by atoms with Crippen LogP contribution in [-0.4, -0.2) is 30.7 Å². The zero-order valence-electron chi connectivity index (χ0n) is 10.0. The molecule has 0 aromatic carbocycles. The van der Waals surface area contributed by atoms with E-state index in [1.807, 2.05) is 0 Å². The topological polar surface area (TPSA) is 64.4 Å². The van der Waals surface area contributed by atoms with Gasteiger partial charge in [0.25, 0.3) is 0 Å². The number of halogens is 1. The summed E-state index contributed by atoms with van der Waals surface area (Å²) in [7, 11) is 0. The molecule has 1 aliphatic heterocycles. The summed E-state index contributed by atoms with van der Waals surface area (Å²) in [5, 5.41) is 3.03. The maximum absolute atomic E-state index is 11.5. The van der Waals surface area contributed by atoms with Crippen molar-refractivity contribution in [1.29, 1.82) is 0 Å². The summed E-state index contributed by atoms with van der Waals surface area (Å²) < 4.78 is 5.66. The molecule has 5 heteroatoms. The van der Waals surface area contributed by atoms with Crippen LogP contribution in [0.25, 0.3) is 0 Å². The first kappa shape index (κ1) is 13.7. The van der Waals surface area contributed by atoms with Gasteiger partial charge in [-0.25, -0.2) is 0 Å². The monoisotopic (exact) mass is 248 g/mol. The molecule has 0 aromatic rings.